The first-order valence-electron chi connectivity index (χ1n) is 9.91. The third-order valence-electron chi connectivity index (χ3n) is 4.60. The van der Waals surface area contributed by atoms with Crippen LogP contribution in [-0.4, -0.2) is 60.8 Å². The molecular formula is C20H32F2N4O2. The second kappa shape index (κ2) is 11.2. The summed E-state index contributed by atoms with van der Waals surface area (Å²) in [5, 5.41) is 16.8. The van der Waals surface area contributed by atoms with Crippen LogP contribution in [0.4, 0.5) is 8.78 Å². The topological polar surface area (TPSA) is 69.1 Å². The summed E-state index contributed by atoms with van der Waals surface area (Å²) in [7, 11) is 0. The number of nitrogens with one attached hydrogen (secondary N) is 2. The number of nitrogens with zero attached hydrogens (tertiary/aromatic N) is 2. The van der Waals surface area contributed by atoms with Crippen LogP contribution in [0, 0.1) is 0 Å². The molecule has 1 unspecified atom stereocenters. The number of hydrogen-bond donors (Lipinski definition) is 3. The maximum atomic E-state index is 12.2. The van der Waals surface area contributed by atoms with Crippen molar-refractivity contribution in [2.75, 3.05) is 26.2 Å². The molecule has 0 amide bonds. The van der Waals surface area contributed by atoms with Crippen LogP contribution in [0.3, 0.4) is 0 Å². The quantitative estimate of drug-likeness (QED) is 0.395. The van der Waals surface area contributed by atoms with Gasteiger partial charge < -0.3 is 20.5 Å². The van der Waals surface area contributed by atoms with Gasteiger partial charge in [0.2, 0.25) is 0 Å². The van der Waals surface area contributed by atoms with Crippen LogP contribution in [0.15, 0.2) is 29.3 Å². The Bertz CT molecular complexity index is 605. The van der Waals surface area contributed by atoms with Gasteiger partial charge in [-0.3, -0.25) is 9.89 Å². The van der Waals surface area contributed by atoms with Gasteiger partial charge >= 0.3 is 6.61 Å². The molecule has 3 N–H and O–H groups in total. The van der Waals surface area contributed by atoms with Gasteiger partial charge in [0.1, 0.15) is 5.75 Å². The Balaban J connectivity index is 1.84. The molecule has 1 aromatic carbocycles. The maximum absolute atomic E-state index is 12.2. The second-order valence-electron chi connectivity index (χ2n) is 7.17. The predicted molar refractivity (Wildman–Crippen MR) is 107 cm³/mol. The summed E-state index contributed by atoms with van der Waals surface area (Å²) < 4.78 is 28.7. The fourth-order valence-electron chi connectivity index (χ4n) is 3.07. The molecule has 0 radical (unpaired) electrons. The normalized spacial score (nSPS) is 16.0. The Morgan fingerprint density at radius 1 is 1.25 bits per heavy atom. The number of aliphatic hydroxyl groups excluding tert-OH is 1. The van der Waals surface area contributed by atoms with Gasteiger partial charge in [-0.25, -0.2) is 0 Å². The highest BCUT2D eigenvalue weighted by atomic mass is 19.3. The van der Waals surface area contributed by atoms with E-state index in [-0.39, 0.29) is 12.3 Å². The number of benzene rings is 1. The summed E-state index contributed by atoms with van der Waals surface area (Å²) in [5.41, 5.74) is 0.598. The van der Waals surface area contributed by atoms with E-state index in [0.717, 1.165) is 19.6 Å². The van der Waals surface area contributed by atoms with Gasteiger partial charge in [-0.15, -0.1) is 0 Å². The van der Waals surface area contributed by atoms with E-state index in [2.05, 4.69) is 39.1 Å². The van der Waals surface area contributed by atoms with Crippen molar-refractivity contribution in [3.8, 4) is 5.75 Å². The fraction of sp³-hybridized carbons (Fsp3) is 0.650. The fourth-order valence-corrected chi connectivity index (χ4v) is 3.07. The average molecular weight is 398 g/mol. The van der Waals surface area contributed by atoms with Gasteiger partial charge in [-0.05, 0) is 51.3 Å². The lowest BCUT2D eigenvalue weighted by molar-refractivity contribution is -0.0498. The molecule has 1 atom stereocenters. The molecule has 0 aliphatic heterocycles. The molecule has 0 heterocycles. The molecule has 158 valence electrons. The van der Waals surface area contributed by atoms with Gasteiger partial charge in [-0.1, -0.05) is 12.1 Å². The Labute approximate surface area is 166 Å². The van der Waals surface area contributed by atoms with E-state index in [1.54, 1.807) is 12.1 Å². The minimum atomic E-state index is -2.86. The molecule has 0 spiro atoms. The number of alkyl halides is 2. The van der Waals surface area contributed by atoms with Gasteiger partial charge in [0.05, 0.1) is 12.6 Å². The lowest BCUT2D eigenvalue weighted by atomic mass is 10.1. The van der Waals surface area contributed by atoms with Crippen molar-refractivity contribution in [1.29, 1.82) is 0 Å². The predicted octanol–water partition coefficient (Wildman–Crippen LogP) is 2.75. The minimum absolute atomic E-state index is 0.0647. The molecule has 0 bridgehead atoms. The Kier molecular flexibility index (Phi) is 8.92. The number of halogens is 2. The largest absolute Gasteiger partial charge is 0.435 e. The Morgan fingerprint density at radius 2 is 1.93 bits per heavy atom. The van der Waals surface area contributed by atoms with Crippen LogP contribution in [0.2, 0.25) is 0 Å². The zero-order valence-electron chi connectivity index (χ0n) is 16.9. The zero-order chi connectivity index (χ0) is 20.5. The monoisotopic (exact) mass is 398 g/mol. The highest BCUT2D eigenvalue weighted by molar-refractivity contribution is 5.79. The first-order valence-corrected chi connectivity index (χ1v) is 9.91. The Morgan fingerprint density at radius 3 is 2.46 bits per heavy atom. The summed E-state index contributed by atoms with van der Waals surface area (Å²) in [4.78, 5) is 6.93. The smallest absolute Gasteiger partial charge is 0.387 e. The van der Waals surface area contributed by atoms with Crippen LogP contribution in [0.1, 0.15) is 45.3 Å². The van der Waals surface area contributed by atoms with Crippen molar-refractivity contribution in [3.63, 3.8) is 0 Å². The van der Waals surface area contributed by atoms with Crippen LogP contribution < -0.4 is 15.4 Å². The number of aliphatic hydroxyl groups is 1. The number of ether oxygens (including phenoxy) is 1. The number of guanidine groups is 1. The van der Waals surface area contributed by atoms with E-state index in [1.807, 2.05) is 6.92 Å². The molecule has 2 rings (SSSR count). The van der Waals surface area contributed by atoms with E-state index in [4.69, 9.17) is 0 Å². The van der Waals surface area contributed by atoms with Crippen LogP contribution in [0.5, 0.6) is 5.75 Å². The summed E-state index contributed by atoms with van der Waals surface area (Å²) in [5.74, 6) is 0.716. The highest BCUT2D eigenvalue weighted by Gasteiger charge is 2.30. The molecule has 1 fully saturated rings. The second-order valence-corrected chi connectivity index (χ2v) is 7.17. The Hall–Kier alpha value is -1.93. The standard InChI is InChI=1S/C20H32F2N4O2/c1-4-23-20(24-11-12-26(14(2)3)16-7-8-16)25-13-18(27)15-5-9-17(10-6-15)28-19(21)22/h5-6,9-10,14,16,18-19,27H,4,7-8,11-13H2,1-3H3,(H2,23,24,25). The summed E-state index contributed by atoms with van der Waals surface area (Å²) in [6.45, 7) is 6.16. The van der Waals surface area contributed by atoms with E-state index >= 15 is 0 Å². The van der Waals surface area contributed by atoms with E-state index in [0.29, 0.717) is 23.6 Å². The SMILES string of the molecule is CCNC(=NCC(O)c1ccc(OC(F)F)cc1)NCCN(C(C)C)C1CC1. The summed E-state index contributed by atoms with van der Waals surface area (Å²) in [6, 6.07) is 7.18. The first-order chi connectivity index (χ1) is 13.4. The van der Waals surface area contributed by atoms with Crippen LogP contribution >= 0.6 is 0 Å². The number of aliphatic imine (C=N–C) groups is 1. The van der Waals surface area contributed by atoms with Gasteiger partial charge in [0.25, 0.3) is 0 Å². The lowest BCUT2D eigenvalue weighted by Crippen LogP contribution is -2.44. The molecule has 6 nitrogen and oxygen atoms in total. The van der Waals surface area contributed by atoms with Gasteiger partial charge in [-0.2, -0.15) is 8.78 Å². The van der Waals surface area contributed by atoms with Crippen LogP contribution in [0.25, 0.3) is 0 Å². The first kappa shape index (κ1) is 22.4. The average Bonchev–Trinajstić information content (AvgIpc) is 3.47. The third kappa shape index (κ3) is 7.59. The van der Waals surface area contributed by atoms with Crippen molar-refractivity contribution >= 4 is 5.96 Å². The summed E-state index contributed by atoms with van der Waals surface area (Å²) >= 11 is 0. The van der Waals surface area contributed by atoms with Crippen molar-refractivity contribution in [1.82, 2.24) is 15.5 Å². The molecule has 1 saturated carbocycles. The highest BCUT2D eigenvalue weighted by Crippen LogP contribution is 2.27. The molecule has 1 aliphatic carbocycles. The van der Waals surface area contributed by atoms with Crippen molar-refractivity contribution < 1.29 is 18.6 Å². The molecule has 0 aromatic heterocycles. The molecular weight excluding hydrogens is 366 g/mol. The van der Waals surface area contributed by atoms with Gasteiger partial charge in [0.15, 0.2) is 5.96 Å². The molecule has 0 saturated heterocycles. The molecule has 1 aromatic rings. The lowest BCUT2D eigenvalue weighted by Gasteiger charge is -2.26. The van der Waals surface area contributed by atoms with Crippen molar-refractivity contribution in [2.24, 2.45) is 4.99 Å². The molecule has 8 heteroatoms. The minimum Gasteiger partial charge on any atom is -0.435 e. The molecule has 28 heavy (non-hydrogen) atoms. The third-order valence-corrected chi connectivity index (χ3v) is 4.60. The van der Waals surface area contributed by atoms with Crippen LogP contribution in [-0.2, 0) is 0 Å². The van der Waals surface area contributed by atoms with Crippen molar-refractivity contribution in [2.45, 2.75) is 58.4 Å². The van der Waals surface area contributed by atoms with E-state index in [9.17, 15) is 13.9 Å². The van der Waals surface area contributed by atoms with Gasteiger partial charge in [0, 0.05) is 31.7 Å². The maximum Gasteiger partial charge on any atom is 0.387 e. The number of rotatable bonds is 11. The zero-order valence-corrected chi connectivity index (χ0v) is 16.9. The van der Waals surface area contributed by atoms with Crippen molar-refractivity contribution in [3.05, 3.63) is 29.8 Å². The number of hydrogen-bond acceptors (Lipinski definition) is 4. The van der Waals surface area contributed by atoms with E-state index < -0.39 is 12.7 Å². The van der Waals surface area contributed by atoms with E-state index in [1.165, 1.54) is 25.0 Å². The molecule has 1 aliphatic rings. The summed E-state index contributed by atoms with van der Waals surface area (Å²) in [6.07, 6.45) is 1.73.